The maximum atomic E-state index is 8.91. The first kappa shape index (κ1) is 6.71. The van der Waals surface area contributed by atoms with E-state index in [4.69, 9.17) is 5.26 Å². The lowest BCUT2D eigenvalue weighted by atomic mass is 9.57. The van der Waals surface area contributed by atoms with E-state index in [2.05, 4.69) is 18.2 Å². The highest BCUT2D eigenvalue weighted by Gasteiger charge is 2.55. The van der Waals surface area contributed by atoms with Gasteiger partial charge in [0, 0.05) is 0 Å². The third-order valence-corrected chi connectivity index (χ3v) is 4.16. The molecule has 0 radical (unpaired) electrons. The van der Waals surface area contributed by atoms with Crippen LogP contribution in [0.25, 0.3) is 0 Å². The van der Waals surface area contributed by atoms with Gasteiger partial charge in [-0.15, -0.1) is 0 Å². The number of fused-ring (bicyclic) bond motifs is 4. The fourth-order valence-electron chi connectivity index (χ4n) is 3.68. The van der Waals surface area contributed by atoms with E-state index in [0.29, 0.717) is 0 Å². The first-order valence-electron chi connectivity index (χ1n) is 5.00. The summed E-state index contributed by atoms with van der Waals surface area (Å²) in [7, 11) is 0. The number of hydrogen-bond donors (Lipinski definition) is 0. The zero-order valence-corrected chi connectivity index (χ0v) is 7.11. The first-order chi connectivity index (χ1) is 5.92. The summed E-state index contributed by atoms with van der Waals surface area (Å²) < 4.78 is 0. The Bertz CT molecular complexity index is 273. The molecule has 3 rings (SSSR count). The van der Waals surface area contributed by atoms with Crippen molar-refractivity contribution in [1.29, 1.82) is 5.26 Å². The predicted molar refractivity (Wildman–Crippen MR) is 46.1 cm³/mol. The van der Waals surface area contributed by atoms with Crippen LogP contribution in [-0.2, 0) is 0 Å². The molecule has 0 heterocycles. The molecule has 5 atom stereocenters. The molecule has 2 saturated carbocycles. The van der Waals surface area contributed by atoms with Crippen molar-refractivity contribution in [2.24, 2.45) is 29.6 Å². The largest absolute Gasteiger partial charge is 0.198 e. The minimum absolute atomic E-state index is 0.259. The van der Waals surface area contributed by atoms with E-state index in [1.54, 1.807) is 0 Å². The number of nitrogens with zero attached hydrogens (tertiary/aromatic N) is 1. The van der Waals surface area contributed by atoms with Crippen molar-refractivity contribution in [3.05, 3.63) is 12.2 Å². The van der Waals surface area contributed by atoms with E-state index in [-0.39, 0.29) is 5.92 Å². The van der Waals surface area contributed by atoms with Crippen molar-refractivity contribution in [3.8, 4) is 6.07 Å². The fraction of sp³-hybridized carbons (Fsp3) is 0.727. The zero-order valence-electron chi connectivity index (χ0n) is 7.11. The standard InChI is InChI=1S/C11H13N/c12-6-7-4-5-10-8-2-1-3-9(8)11(7)10/h4-5,7-11H,1-3H2/t7-,8+,9-,10+,11-/m1/s1. The first-order valence-corrected chi connectivity index (χ1v) is 5.00. The summed E-state index contributed by atoms with van der Waals surface area (Å²) >= 11 is 0. The summed E-state index contributed by atoms with van der Waals surface area (Å²) in [4.78, 5) is 0. The average Bonchev–Trinajstić information content (AvgIpc) is 2.58. The van der Waals surface area contributed by atoms with E-state index in [1.807, 2.05) is 0 Å². The molecule has 0 amide bonds. The lowest BCUT2D eigenvalue weighted by Crippen LogP contribution is -2.43. The maximum Gasteiger partial charge on any atom is 0.0700 e. The summed E-state index contributed by atoms with van der Waals surface area (Å²) in [5.74, 6) is 3.65. The van der Waals surface area contributed by atoms with Gasteiger partial charge in [-0.1, -0.05) is 18.6 Å². The molecule has 0 unspecified atom stereocenters. The molecule has 0 aliphatic heterocycles. The van der Waals surface area contributed by atoms with E-state index in [9.17, 15) is 0 Å². The SMILES string of the molecule is N#C[C@H]1C=C[C@H]2[C@H]3CCC[C@H]3[C@H]21. The molecule has 2 fully saturated rings. The second-order valence-electron chi connectivity index (χ2n) is 4.45. The van der Waals surface area contributed by atoms with Crippen LogP contribution in [0, 0.1) is 40.9 Å². The summed E-state index contributed by atoms with van der Waals surface area (Å²) in [5, 5.41) is 8.91. The van der Waals surface area contributed by atoms with Crippen LogP contribution in [0.5, 0.6) is 0 Å². The Morgan fingerprint density at radius 3 is 2.83 bits per heavy atom. The van der Waals surface area contributed by atoms with Gasteiger partial charge in [0.15, 0.2) is 0 Å². The molecule has 1 nitrogen and oxygen atoms in total. The van der Waals surface area contributed by atoms with Crippen molar-refractivity contribution < 1.29 is 0 Å². The molecule has 3 aliphatic carbocycles. The molecule has 3 aliphatic rings. The second-order valence-corrected chi connectivity index (χ2v) is 4.45. The molecule has 0 spiro atoms. The molecule has 0 N–H and O–H groups in total. The smallest absolute Gasteiger partial charge is 0.0700 e. The normalized spacial score (nSPS) is 54.1. The Balaban J connectivity index is 1.88. The molecular formula is C11H13N. The number of nitriles is 1. The van der Waals surface area contributed by atoms with Gasteiger partial charge in [-0.2, -0.15) is 5.26 Å². The van der Waals surface area contributed by atoms with Gasteiger partial charge in [0.05, 0.1) is 12.0 Å². The van der Waals surface area contributed by atoms with Crippen LogP contribution >= 0.6 is 0 Å². The monoisotopic (exact) mass is 159 g/mol. The molecule has 62 valence electrons. The quantitative estimate of drug-likeness (QED) is 0.498. The summed E-state index contributed by atoms with van der Waals surface area (Å²) in [6.07, 6.45) is 8.69. The Kier molecular flexibility index (Phi) is 1.19. The van der Waals surface area contributed by atoms with Crippen molar-refractivity contribution >= 4 is 0 Å². The predicted octanol–water partition coefficient (Wildman–Crippen LogP) is 2.36. The van der Waals surface area contributed by atoms with E-state index in [0.717, 1.165) is 23.7 Å². The topological polar surface area (TPSA) is 23.8 Å². The third-order valence-electron chi connectivity index (χ3n) is 4.16. The molecule has 0 aromatic rings. The molecule has 0 saturated heterocycles. The van der Waals surface area contributed by atoms with Crippen LogP contribution < -0.4 is 0 Å². The molecule has 0 aromatic heterocycles. The second kappa shape index (κ2) is 2.13. The van der Waals surface area contributed by atoms with Gasteiger partial charge in [0.2, 0.25) is 0 Å². The molecule has 0 bridgehead atoms. The minimum Gasteiger partial charge on any atom is -0.198 e. The van der Waals surface area contributed by atoms with Gasteiger partial charge in [0.25, 0.3) is 0 Å². The molecule has 1 heteroatoms. The number of rotatable bonds is 0. The molecular weight excluding hydrogens is 146 g/mol. The lowest BCUT2D eigenvalue weighted by molar-refractivity contribution is 0.0336. The third kappa shape index (κ3) is 0.602. The van der Waals surface area contributed by atoms with Crippen molar-refractivity contribution in [3.63, 3.8) is 0 Å². The summed E-state index contributed by atoms with van der Waals surface area (Å²) in [6, 6.07) is 2.42. The zero-order chi connectivity index (χ0) is 8.13. The fourth-order valence-corrected chi connectivity index (χ4v) is 3.68. The Morgan fingerprint density at radius 1 is 1.17 bits per heavy atom. The van der Waals surface area contributed by atoms with Gasteiger partial charge < -0.3 is 0 Å². The average molecular weight is 159 g/mol. The van der Waals surface area contributed by atoms with E-state index >= 15 is 0 Å². The highest BCUT2D eigenvalue weighted by Crippen LogP contribution is 2.61. The van der Waals surface area contributed by atoms with Gasteiger partial charge in [-0.05, 0) is 36.5 Å². The summed E-state index contributed by atoms with van der Waals surface area (Å²) in [6.45, 7) is 0. The Morgan fingerprint density at radius 2 is 2.00 bits per heavy atom. The minimum atomic E-state index is 0.259. The van der Waals surface area contributed by atoms with Crippen LogP contribution in [-0.4, -0.2) is 0 Å². The van der Waals surface area contributed by atoms with Crippen LogP contribution in [0.2, 0.25) is 0 Å². The van der Waals surface area contributed by atoms with Crippen molar-refractivity contribution in [2.75, 3.05) is 0 Å². The van der Waals surface area contributed by atoms with Crippen LogP contribution in [0.4, 0.5) is 0 Å². The summed E-state index contributed by atoms with van der Waals surface area (Å²) in [5.41, 5.74) is 0. The van der Waals surface area contributed by atoms with Gasteiger partial charge in [-0.25, -0.2) is 0 Å². The molecule has 0 aromatic carbocycles. The van der Waals surface area contributed by atoms with Crippen molar-refractivity contribution in [2.45, 2.75) is 19.3 Å². The van der Waals surface area contributed by atoms with E-state index < -0.39 is 0 Å². The van der Waals surface area contributed by atoms with E-state index in [1.165, 1.54) is 19.3 Å². The maximum absolute atomic E-state index is 8.91. The van der Waals surface area contributed by atoms with Crippen LogP contribution in [0.1, 0.15) is 19.3 Å². The molecule has 12 heavy (non-hydrogen) atoms. The number of allylic oxidation sites excluding steroid dienone is 2. The van der Waals surface area contributed by atoms with Crippen molar-refractivity contribution in [1.82, 2.24) is 0 Å². The Hall–Kier alpha value is -0.770. The van der Waals surface area contributed by atoms with Crippen LogP contribution in [0.15, 0.2) is 12.2 Å². The van der Waals surface area contributed by atoms with Gasteiger partial charge >= 0.3 is 0 Å². The lowest BCUT2D eigenvalue weighted by Gasteiger charge is -2.46. The highest BCUT2D eigenvalue weighted by atomic mass is 14.6. The highest BCUT2D eigenvalue weighted by molar-refractivity contribution is 5.23. The van der Waals surface area contributed by atoms with Crippen LogP contribution in [0.3, 0.4) is 0 Å². The number of hydrogen-bond acceptors (Lipinski definition) is 1. The van der Waals surface area contributed by atoms with Gasteiger partial charge in [-0.3, -0.25) is 0 Å². The Labute approximate surface area is 73.1 Å². The van der Waals surface area contributed by atoms with Gasteiger partial charge in [0.1, 0.15) is 0 Å².